The van der Waals surface area contributed by atoms with Crippen LogP contribution in [0.25, 0.3) is 0 Å². The molecule has 2 aliphatic heterocycles. The smallest absolute Gasteiger partial charge is 0.351 e. The number of nitrogens with one attached hydrogen (secondary N) is 2. The molecule has 0 spiro atoms. The van der Waals surface area contributed by atoms with Crippen LogP contribution in [-0.4, -0.2) is 64.1 Å². The number of benzene rings is 2. The van der Waals surface area contributed by atoms with Crippen molar-refractivity contribution in [3.05, 3.63) is 70.8 Å². The summed E-state index contributed by atoms with van der Waals surface area (Å²) in [5, 5.41) is 6.13. The van der Waals surface area contributed by atoms with E-state index in [0.29, 0.717) is 48.1 Å². The molecule has 3 atom stereocenters. The number of amides is 1. The standard InChI is InChI=1S/C36H52N4O7Si2/c1-35(2,3)48(7,8)44-23-29-27(47-49(9,10)36(4,5)6)21-30(46-29)40-22-28-32(39-34(40)42)38-31-25(17-14-18-26(31)45-28)43-20-19-37-33(41)24-15-12-11-13-16-24/h11-18,22,27,29-30H,19-21,23H2,1-10H3,(H,37,41)(H,38,39,42)/t27-,29+,30+/m0/s1. The number of rotatable bonds is 11. The first-order valence-electron chi connectivity index (χ1n) is 17.0. The minimum atomic E-state index is -2.16. The molecule has 2 N–H and O–H groups in total. The Balaban J connectivity index is 1.30. The van der Waals surface area contributed by atoms with Crippen LogP contribution in [0.2, 0.25) is 36.3 Å². The molecule has 0 bridgehead atoms. The SMILES string of the molecule is CC(C)(C)[Si](C)(C)OC[C@H]1O[C@@H](n2cc3c(nc2=O)Nc2c(OCCNC(=O)c4ccccc4)cccc2O3)C[C@@H]1O[Si](C)(C)C(C)(C)C. The second-order valence-corrected chi connectivity index (χ2v) is 25.4. The summed E-state index contributed by atoms with van der Waals surface area (Å²) >= 11 is 0. The van der Waals surface area contributed by atoms with Gasteiger partial charge < -0.3 is 33.7 Å². The Morgan fingerprint density at radius 1 is 0.980 bits per heavy atom. The summed E-state index contributed by atoms with van der Waals surface area (Å²) in [7, 11) is -4.22. The van der Waals surface area contributed by atoms with E-state index in [1.807, 2.05) is 30.3 Å². The molecule has 0 aliphatic carbocycles. The van der Waals surface area contributed by atoms with Crippen LogP contribution in [0.15, 0.2) is 59.5 Å². The fourth-order valence-electron chi connectivity index (χ4n) is 5.12. The van der Waals surface area contributed by atoms with E-state index in [2.05, 4.69) is 83.3 Å². The first-order valence-corrected chi connectivity index (χ1v) is 22.8. The summed E-state index contributed by atoms with van der Waals surface area (Å²) < 4.78 is 33.8. The van der Waals surface area contributed by atoms with Crippen molar-refractivity contribution in [2.75, 3.05) is 25.1 Å². The number of hydrogen-bond acceptors (Lipinski definition) is 9. The van der Waals surface area contributed by atoms with Gasteiger partial charge in [-0.05, 0) is 60.5 Å². The third-order valence-electron chi connectivity index (χ3n) is 10.2. The quantitative estimate of drug-likeness (QED) is 0.120. The summed E-state index contributed by atoms with van der Waals surface area (Å²) in [5.74, 6) is 1.54. The van der Waals surface area contributed by atoms with Gasteiger partial charge in [0.2, 0.25) is 0 Å². The maximum atomic E-state index is 13.5. The van der Waals surface area contributed by atoms with Crippen molar-refractivity contribution in [1.29, 1.82) is 0 Å². The molecule has 0 saturated carbocycles. The third-order valence-corrected chi connectivity index (χ3v) is 19.2. The van der Waals surface area contributed by atoms with Gasteiger partial charge in [-0.2, -0.15) is 4.98 Å². The highest BCUT2D eigenvalue weighted by atomic mass is 28.4. The Morgan fingerprint density at radius 3 is 2.35 bits per heavy atom. The molecule has 0 radical (unpaired) electrons. The summed E-state index contributed by atoms with van der Waals surface area (Å²) in [4.78, 5) is 30.2. The highest BCUT2D eigenvalue weighted by Crippen LogP contribution is 2.46. The molecule has 49 heavy (non-hydrogen) atoms. The van der Waals surface area contributed by atoms with Gasteiger partial charge in [0.05, 0.1) is 25.5 Å². The number of fused-ring (bicyclic) bond motifs is 2. The predicted molar refractivity (Wildman–Crippen MR) is 196 cm³/mol. The van der Waals surface area contributed by atoms with Crippen LogP contribution in [0.1, 0.15) is 64.5 Å². The Kier molecular flexibility index (Phi) is 10.5. The number of carbonyl (C=O) groups is 1. The first-order chi connectivity index (χ1) is 22.9. The molecule has 1 amide bonds. The fourth-order valence-corrected chi connectivity index (χ4v) is 7.50. The molecule has 5 rings (SSSR count). The topological polar surface area (TPSA) is 122 Å². The van der Waals surface area contributed by atoms with E-state index in [4.69, 9.17) is 23.1 Å². The van der Waals surface area contributed by atoms with Crippen molar-refractivity contribution in [1.82, 2.24) is 14.9 Å². The Labute approximate surface area is 291 Å². The summed E-state index contributed by atoms with van der Waals surface area (Å²) in [6.45, 7) is 23.1. The molecule has 0 unspecified atom stereocenters. The lowest BCUT2D eigenvalue weighted by Gasteiger charge is -2.40. The number of aromatic nitrogens is 2. The van der Waals surface area contributed by atoms with E-state index >= 15 is 0 Å². The number of anilines is 2. The van der Waals surface area contributed by atoms with Crippen LogP contribution < -0.4 is 25.8 Å². The molecular weight excluding hydrogens is 657 g/mol. The van der Waals surface area contributed by atoms with Crippen molar-refractivity contribution in [2.24, 2.45) is 0 Å². The van der Waals surface area contributed by atoms with Gasteiger partial charge >= 0.3 is 5.69 Å². The third kappa shape index (κ3) is 8.29. The van der Waals surface area contributed by atoms with Crippen molar-refractivity contribution >= 4 is 34.0 Å². The van der Waals surface area contributed by atoms with Crippen LogP contribution in [0, 0.1) is 0 Å². The predicted octanol–water partition coefficient (Wildman–Crippen LogP) is 7.60. The van der Waals surface area contributed by atoms with Crippen molar-refractivity contribution < 1.29 is 27.9 Å². The van der Waals surface area contributed by atoms with E-state index in [1.165, 1.54) is 4.57 Å². The summed E-state index contributed by atoms with van der Waals surface area (Å²) in [6, 6.07) is 14.4. The van der Waals surface area contributed by atoms with Crippen LogP contribution >= 0.6 is 0 Å². The Hall–Kier alpha value is -3.50. The lowest BCUT2D eigenvalue weighted by atomic mass is 10.2. The van der Waals surface area contributed by atoms with Crippen LogP contribution in [0.5, 0.6) is 17.2 Å². The van der Waals surface area contributed by atoms with Crippen LogP contribution in [0.4, 0.5) is 11.5 Å². The van der Waals surface area contributed by atoms with Crippen LogP contribution in [-0.2, 0) is 13.6 Å². The maximum Gasteiger partial charge on any atom is 0.351 e. The minimum absolute atomic E-state index is 0.00566. The number of para-hydroxylation sites is 1. The summed E-state index contributed by atoms with van der Waals surface area (Å²) in [6.07, 6.45) is 0.960. The second kappa shape index (κ2) is 14.0. The summed E-state index contributed by atoms with van der Waals surface area (Å²) in [5.41, 5.74) is 0.666. The van der Waals surface area contributed by atoms with Gasteiger partial charge in [0.15, 0.2) is 34.0 Å². The van der Waals surface area contributed by atoms with E-state index in [-0.39, 0.29) is 40.6 Å². The zero-order valence-corrected chi connectivity index (χ0v) is 32.5. The molecule has 3 heterocycles. The van der Waals surface area contributed by atoms with Crippen LogP contribution in [0.3, 0.4) is 0 Å². The molecule has 3 aromatic rings. The van der Waals surface area contributed by atoms with Crippen molar-refractivity contribution in [3.8, 4) is 17.2 Å². The van der Waals surface area contributed by atoms with Gasteiger partial charge in [-0.25, -0.2) is 4.79 Å². The minimum Gasteiger partial charge on any atom is -0.489 e. The lowest BCUT2D eigenvalue weighted by Crippen LogP contribution is -2.48. The Bertz CT molecular complexity index is 1700. The van der Waals surface area contributed by atoms with Gasteiger partial charge in [-0.3, -0.25) is 9.36 Å². The van der Waals surface area contributed by atoms with Gasteiger partial charge in [0.1, 0.15) is 30.4 Å². The zero-order chi connectivity index (χ0) is 35.8. The number of nitrogens with zero attached hydrogens (tertiary/aromatic N) is 2. The second-order valence-electron chi connectivity index (χ2n) is 15.8. The zero-order valence-electron chi connectivity index (χ0n) is 30.5. The molecule has 1 fully saturated rings. The molecule has 1 saturated heterocycles. The normalized spacial score (nSPS) is 19.3. The molecular formula is C36H52N4O7Si2. The number of carbonyl (C=O) groups excluding carboxylic acids is 1. The maximum absolute atomic E-state index is 13.5. The molecule has 13 heteroatoms. The van der Waals surface area contributed by atoms with E-state index < -0.39 is 28.6 Å². The van der Waals surface area contributed by atoms with Gasteiger partial charge in [-0.1, -0.05) is 65.8 Å². The van der Waals surface area contributed by atoms with Crippen molar-refractivity contribution in [3.63, 3.8) is 0 Å². The molecule has 2 aliphatic rings. The Morgan fingerprint density at radius 2 is 1.67 bits per heavy atom. The van der Waals surface area contributed by atoms with E-state index in [1.54, 1.807) is 24.4 Å². The average Bonchev–Trinajstić information content (AvgIpc) is 3.41. The van der Waals surface area contributed by atoms with E-state index in [0.717, 1.165) is 0 Å². The average molecular weight is 709 g/mol. The lowest BCUT2D eigenvalue weighted by molar-refractivity contribution is -0.0413. The molecule has 1 aromatic heterocycles. The van der Waals surface area contributed by atoms with E-state index in [9.17, 15) is 9.59 Å². The highest BCUT2D eigenvalue weighted by molar-refractivity contribution is 6.74. The molecule has 11 nitrogen and oxygen atoms in total. The van der Waals surface area contributed by atoms with Gasteiger partial charge in [0.25, 0.3) is 5.91 Å². The van der Waals surface area contributed by atoms with Gasteiger partial charge in [-0.15, -0.1) is 0 Å². The molecule has 2 aromatic carbocycles. The highest BCUT2D eigenvalue weighted by Gasteiger charge is 2.47. The largest absolute Gasteiger partial charge is 0.489 e. The first kappa shape index (κ1) is 36.8. The molecule has 266 valence electrons. The number of hydrogen-bond donors (Lipinski definition) is 2. The monoisotopic (exact) mass is 708 g/mol. The fraction of sp³-hybridized carbons (Fsp3) is 0.528. The number of ether oxygens (including phenoxy) is 3. The van der Waals surface area contributed by atoms with Gasteiger partial charge in [0, 0.05) is 12.0 Å². The van der Waals surface area contributed by atoms with Crippen molar-refractivity contribution in [2.45, 2.75) is 103 Å².